The van der Waals surface area contributed by atoms with Crippen LogP contribution in [0.5, 0.6) is 0 Å². The maximum Gasteiger partial charge on any atom is 0.176 e. The summed E-state index contributed by atoms with van der Waals surface area (Å²) in [7, 11) is -1.57. The highest BCUT2D eigenvalue weighted by Gasteiger charge is 2.52. The van der Waals surface area contributed by atoms with Crippen LogP contribution in [-0.4, -0.2) is 62.3 Å². The van der Waals surface area contributed by atoms with Crippen LogP contribution >= 0.6 is 12.2 Å². The fourth-order valence-corrected chi connectivity index (χ4v) is 5.57. The summed E-state index contributed by atoms with van der Waals surface area (Å²) >= 11 is 5.48. The van der Waals surface area contributed by atoms with Gasteiger partial charge in [0.2, 0.25) is 0 Å². The number of sulfone groups is 1. The van der Waals surface area contributed by atoms with E-state index in [9.17, 15) is 12.8 Å². The monoisotopic (exact) mass is 344 g/mol. The molecule has 2 fully saturated rings. The first-order valence-corrected chi connectivity index (χ1v) is 9.21. The molecule has 2 atom stereocenters. The number of methoxy groups -OCH3 is 1. The molecule has 1 aromatic rings. The molecule has 1 aromatic carbocycles. The van der Waals surface area contributed by atoms with Crippen LogP contribution in [0, 0.1) is 5.82 Å². The van der Waals surface area contributed by atoms with Gasteiger partial charge in [0.05, 0.1) is 35.9 Å². The molecule has 5 nitrogen and oxygen atoms in total. The molecule has 0 N–H and O–H groups in total. The number of thiocarbonyl (C=S) groups is 1. The van der Waals surface area contributed by atoms with Crippen molar-refractivity contribution in [2.75, 3.05) is 36.7 Å². The number of ether oxygens (including phenoxy) is 1. The van der Waals surface area contributed by atoms with Crippen molar-refractivity contribution in [3.8, 4) is 0 Å². The van der Waals surface area contributed by atoms with E-state index in [0.29, 0.717) is 24.0 Å². The van der Waals surface area contributed by atoms with E-state index in [1.54, 1.807) is 30.2 Å². The Labute approximate surface area is 134 Å². The SMILES string of the molecule is COCCN1C(=S)N(c2ccccc2F)C2CS(=O)(=O)CC21. The van der Waals surface area contributed by atoms with Gasteiger partial charge in [0.15, 0.2) is 14.9 Å². The molecule has 0 bridgehead atoms. The number of fused-ring (bicyclic) bond motifs is 1. The zero-order valence-corrected chi connectivity index (χ0v) is 13.7. The van der Waals surface area contributed by atoms with Gasteiger partial charge in [-0.2, -0.15) is 0 Å². The minimum absolute atomic E-state index is 0.00434. The molecule has 2 aliphatic rings. The second-order valence-electron chi connectivity index (χ2n) is 5.50. The van der Waals surface area contributed by atoms with Crippen molar-refractivity contribution in [1.29, 1.82) is 0 Å². The molecule has 120 valence electrons. The number of nitrogens with zero attached hydrogens (tertiary/aromatic N) is 2. The second-order valence-corrected chi connectivity index (χ2v) is 8.02. The summed E-state index contributed by atoms with van der Waals surface area (Å²) in [5.41, 5.74) is 0.333. The average Bonchev–Trinajstić information content (AvgIpc) is 2.88. The van der Waals surface area contributed by atoms with Gasteiger partial charge in [-0.3, -0.25) is 0 Å². The molecule has 0 aliphatic carbocycles. The Morgan fingerprint density at radius 1 is 1.32 bits per heavy atom. The molecule has 2 saturated heterocycles. The molecule has 2 heterocycles. The molecule has 22 heavy (non-hydrogen) atoms. The van der Waals surface area contributed by atoms with Crippen LogP contribution in [0.4, 0.5) is 10.1 Å². The van der Waals surface area contributed by atoms with Crippen LogP contribution in [0.15, 0.2) is 24.3 Å². The molecule has 2 unspecified atom stereocenters. The molecule has 2 aliphatic heterocycles. The molecule has 0 amide bonds. The molecular formula is C14H17FN2O3S2. The minimum atomic E-state index is -3.15. The highest BCUT2D eigenvalue weighted by Crippen LogP contribution is 2.36. The van der Waals surface area contributed by atoms with Crippen LogP contribution in [0.1, 0.15) is 0 Å². The highest BCUT2D eigenvalue weighted by atomic mass is 32.2. The Balaban J connectivity index is 1.99. The first kappa shape index (κ1) is 15.6. The van der Waals surface area contributed by atoms with Crippen LogP contribution in [0.25, 0.3) is 0 Å². The summed E-state index contributed by atoms with van der Waals surface area (Å²) in [6.07, 6.45) is 0. The van der Waals surface area contributed by atoms with Gasteiger partial charge in [-0.1, -0.05) is 12.1 Å². The topological polar surface area (TPSA) is 49.9 Å². The summed E-state index contributed by atoms with van der Waals surface area (Å²) in [6, 6.07) is 5.72. The Hall–Kier alpha value is -1.25. The third kappa shape index (κ3) is 2.59. The number of hydrogen-bond acceptors (Lipinski definition) is 4. The van der Waals surface area contributed by atoms with Gasteiger partial charge in [-0.25, -0.2) is 12.8 Å². The lowest BCUT2D eigenvalue weighted by molar-refractivity contribution is 0.169. The van der Waals surface area contributed by atoms with E-state index in [0.717, 1.165) is 0 Å². The quantitative estimate of drug-likeness (QED) is 0.761. The third-order valence-corrected chi connectivity index (χ3v) is 6.26. The Kier molecular flexibility index (Phi) is 4.09. The van der Waals surface area contributed by atoms with Gasteiger partial charge >= 0.3 is 0 Å². The van der Waals surface area contributed by atoms with Gasteiger partial charge < -0.3 is 14.5 Å². The lowest BCUT2D eigenvalue weighted by Crippen LogP contribution is -2.39. The minimum Gasteiger partial charge on any atom is -0.383 e. The normalized spacial score (nSPS) is 26.5. The second kappa shape index (κ2) is 5.75. The van der Waals surface area contributed by atoms with E-state index >= 15 is 0 Å². The molecule has 0 spiro atoms. The van der Waals surface area contributed by atoms with E-state index in [1.807, 2.05) is 4.90 Å². The van der Waals surface area contributed by atoms with Crippen molar-refractivity contribution in [2.45, 2.75) is 12.1 Å². The Bertz CT molecular complexity index is 695. The zero-order valence-electron chi connectivity index (χ0n) is 12.1. The molecule has 0 radical (unpaired) electrons. The van der Waals surface area contributed by atoms with Crippen molar-refractivity contribution in [1.82, 2.24) is 4.90 Å². The van der Waals surface area contributed by atoms with E-state index < -0.39 is 15.7 Å². The fraction of sp³-hybridized carbons (Fsp3) is 0.500. The molecule has 0 aromatic heterocycles. The predicted molar refractivity (Wildman–Crippen MR) is 86.3 cm³/mol. The predicted octanol–water partition coefficient (Wildman–Crippen LogP) is 1.04. The number of hydrogen-bond donors (Lipinski definition) is 0. The summed E-state index contributed by atoms with van der Waals surface area (Å²) in [6.45, 7) is 0.936. The fourth-order valence-electron chi connectivity index (χ4n) is 3.16. The molecular weight excluding hydrogens is 327 g/mol. The summed E-state index contributed by atoms with van der Waals surface area (Å²) < 4.78 is 43.2. The van der Waals surface area contributed by atoms with E-state index in [4.69, 9.17) is 17.0 Å². The maximum atomic E-state index is 14.1. The van der Waals surface area contributed by atoms with Crippen LogP contribution < -0.4 is 4.90 Å². The van der Waals surface area contributed by atoms with Crippen LogP contribution in [0.3, 0.4) is 0 Å². The van der Waals surface area contributed by atoms with Gasteiger partial charge in [0.1, 0.15) is 5.82 Å². The maximum absolute atomic E-state index is 14.1. The number of anilines is 1. The summed E-state index contributed by atoms with van der Waals surface area (Å²) in [5.74, 6) is -0.358. The Morgan fingerprint density at radius 2 is 2.00 bits per heavy atom. The lowest BCUT2D eigenvalue weighted by atomic mass is 10.1. The van der Waals surface area contributed by atoms with Crippen LogP contribution in [-0.2, 0) is 14.6 Å². The number of halogens is 1. The van der Waals surface area contributed by atoms with Gasteiger partial charge in [-0.15, -0.1) is 0 Å². The molecule has 3 rings (SSSR count). The van der Waals surface area contributed by atoms with E-state index in [1.165, 1.54) is 6.07 Å². The van der Waals surface area contributed by atoms with Crippen LogP contribution in [0.2, 0.25) is 0 Å². The van der Waals surface area contributed by atoms with Crippen molar-refractivity contribution in [2.24, 2.45) is 0 Å². The smallest absolute Gasteiger partial charge is 0.176 e. The van der Waals surface area contributed by atoms with Crippen molar-refractivity contribution in [3.05, 3.63) is 30.1 Å². The zero-order chi connectivity index (χ0) is 15.9. The summed E-state index contributed by atoms with van der Waals surface area (Å²) in [4.78, 5) is 3.50. The molecule has 8 heteroatoms. The van der Waals surface area contributed by atoms with E-state index in [2.05, 4.69) is 0 Å². The third-order valence-electron chi connectivity index (χ3n) is 4.13. The largest absolute Gasteiger partial charge is 0.383 e. The van der Waals surface area contributed by atoms with Gasteiger partial charge in [0, 0.05) is 13.7 Å². The summed E-state index contributed by atoms with van der Waals surface area (Å²) in [5, 5.41) is 0.465. The van der Waals surface area contributed by atoms with Crippen molar-refractivity contribution < 1.29 is 17.5 Å². The van der Waals surface area contributed by atoms with Gasteiger partial charge in [0.25, 0.3) is 0 Å². The first-order valence-electron chi connectivity index (χ1n) is 6.98. The van der Waals surface area contributed by atoms with Gasteiger partial charge in [-0.05, 0) is 24.4 Å². The lowest BCUT2D eigenvalue weighted by Gasteiger charge is -2.25. The number of benzene rings is 1. The van der Waals surface area contributed by atoms with E-state index in [-0.39, 0.29) is 23.6 Å². The van der Waals surface area contributed by atoms with Crippen molar-refractivity contribution >= 4 is 32.9 Å². The standard InChI is InChI=1S/C14H17FN2O3S2/c1-20-7-6-16-12-8-22(18,19)9-13(12)17(14(16)21)11-5-3-2-4-10(11)15/h2-5,12-13H,6-9H2,1H3. The number of para-hydroxylation sites is 1. The Morgan fingerprint density at radius 3 is 2.68 bits per heavy atom. The highest BCUT2D eigenvalue weighted by molar-refractivity contribution is 7.91. The molecule has 0 saturated carbocycles. The number of rotatable bonds is 4. The van der Waals surface area contributed by atoms with Crippen molar-refractivity contribution in [3.63, 3.8) is 0 Å². The first-order chi connectivity index (χ1) is 10.4. The average molecular weight is 344 g/mol.